The largest absolute Gasteiger partial charge is 0.494 e. The maximum absolute atomic E-state index is 13.7. The van der Waals surface area contributed by atoms with Gasteiger partial charge in [0, 0.05) is 6.07 Å². The molecule has 2 aromatic rings. The van der Waals surface area contributed by atoms with Gasteiger partial charge >= 0.3 is 0 Å². The van der Waals surface area contributed by atoms with Gasteiger partial charge in [-0.15, -0.1) is 0 Å². The van der Waals surface area contributed by atoms with Crippen molar-refractivity contribution >= 4 is 6.29 Å². The molecule has 19 heavy (non-hydrogen) atoms. The molecular weight excluding hydrogens is 247 g/mol. The summed E-state index contributed by atoms with van der Waals surface area (Å²) >= 11 is 0. The maximum Gasteiger partial charge on any atom is 0.173 e. The maximum atomic E-state index is 13.7. The van der Waals surface area contributed by atoms with Crippen molar-refractivity contribution in [2.75, 3.05) is 6.61 Å². The average molecular weight is 260 g/mol. The molecule has 2 aromatic carbocycles. The second-order valence-electron chi connectivity index (χ2n) is 3.79. The number of aldehydes is 1. The highest BCUT2D eigenvalue weighted by Gasteiger charge is 2.10. The molecule has 0 aromatic heterocycles. The number of hydrogen-bond donors (Lipinski definition) is 0. The monoisotopic (exact) mass is 260 g/mol. The first-order valence-electron chi connectivity index (χ1n) is 5.89. The topological polar surface area (TPSA) is 35.5 Å². The molecule has 0 radical (unpaired) electrons. The normalized spacial score (nSPS) is 10.0. The van der Waals surface area contributed by atoms with Crippen molar-refractivity contribution in [1.29, 1.82) is 0 Å². The summed E-state index contributed by atoms with van der Waals surface area (Å²) in [4.78, 5) is 10.9. The molecule has 0 spiro atoms. The van der Waals surface area contributed by atoms with Gasteiger partial charge in [0.25, 0.3) is 0 Å². The van der Waals surface area contributed by atoms with Crippen molar-refractivity contribution in [3.8, 4) is 17.2 Å². The zero-order chi connectivity index (χ0) is 13.7. The summed E-state index contributed by atoms with van der Waals surface area (Å²) < 4.78 is 24.4. The zero-order valence-corrected chi connectivity index (χ0v) is 10.4. The Morgan fingerprint density at radius 2 is 1.89 bits per heavy atom. The number of para-hydroxylation sites is 1. The molecule has 0 bridgehead atoms. The van der Waals surface area contributed by atoms with Gasteiger partial charge in [0.1, 0.15) is 11.5 Å². The predicted molar refractivity (Wildman–Crippen MR) is 69.5 cm³/mol. The number of carbonyl (C=O) groups is 1. The minimum absolute atomic E-state index is 0.0776. The van der Waals surface area contributed by atoms with E-state index < -0.39 is 5.82 Å². The highest BCUT2D eigenvalue weighted by molar-refractivity contribution is 5.79. The second-order valence-corrected chi connectivity index (χ2v) is 3.79. The Kier molecular flexibility index (Phi) is 4.13. The summed E-state index contributed by atoms with van der Waals surface area (Å²) in [5, 5.41) is 0. The van der Waals surface area contributed by atoms with E-state index in [-0.39, 0.29) is 11.3 Å². The second kappa shape index (κ2) is 6.00. The molecule has 0 aliphatic heterocycles. The van der Waals surface area contributed by atoms with Crippen molar-refractivity contribution in [2.45, 2.75) is 6.92 Å². The van der Waals surface area contributed by atoms with Crippen molar-refractivity contribution in [3.63, 3.8) is 0 Å². The lowest BCUT2D eigenvalue weighted by molar-refractivity contribution is 0.112. The molecule has 98 valence electrons. The molecule has 2 rings (SSSR count). The number of carbonyl (C=O) groups excluding carboxylic acids is 1. The summed E-state index contributed by atoms with van der Waals surface area (Å²) in [5.41, 5.74) is 0.168. The molecule has 0 aliphatic rings. The molecule has 0 unspecified atom stereocenters. The molecule has 4 heteroatoms. The van der Waals surface area contributed by atoms with Crippen molar-refractivity contribution < 1.29 is 18.7 Å². The number of benzene rings is 2. The van der Waals surface area contributed by atoms with E-state index >= 15 is 0 Å². The first kappa shape index (κ1) is 13.1. The van der Waals surface area contributed by atoms with Gasteiger partial charge in [0.15, 0.2) is 17.9 Å². The van der Waals surface area contributed by atoms with Crippen LogP contribution in [-0.2, 0) is 0 Å². The van der Waals surface area contributed by atoms with E-state index in [1.165, 1.54) is 18.2 Å². The Hall–Kier alpha value is -2.36. The van der Waals surface area contributed by atoms with Gasteiger partial charge in [0.05, 0.1) is 12.2 Å². The van der Waals surface area contributed by atoms with Crippen LogP contribution in [0.1, 0.15) is 17.3 Å². The molecule has 0 fully saturated rings. The summed E-state index contributed by atoms with van der Waals surface area (Å²) in [6.45, 7) is 2.40. The highest BCUT2D eigenvalue weighted by Crippen LogP contribution is 2.29. The molecular formula is C15H13FO3. The van der Waals surface area contributed by atoms with Crippen LogP contribution in [0.15, 0.2) is 42.5 Å². The van der Waals surface area contributed by atoms with Crippen LogP contribution in [-0.4, -0.2) is 12.9 Å². The molecule has 0 N–H and O–H groups in total. The predicted octanol–water partition coefficient (Wildman–Crippen LogP) is 3.83. The van der Waals surface area contributed by atoms with Crippen molar-refractivity contribution in [1.82, 2.24) is 0 Å². The lowest BCUT2D eigenvalue weighted by Gasteiger charge is -2.10. The summed E-state index contributed by atoms with van der Waals surface area (Å²) in [6, 6.07) is 11.0. The third-order valence-electron chi connectivity index (χ3n) is 2.46. The van der Waals surface area contributed by atoms with Crippen molar-refractivity contribution in [3.05, 3.63) is 53.8 Å². The fourth-order valence-corrected chi connectivity index (χ4v) is 1.64. The lowest BCUT2D eigenvalue weighted by Crippen LogP contribution is -1.95. The highest BCUT2D eigenvalue weighted by atomic mass is 19.1. The molecule has 0 saturated carbocycles. The van der Waals surface area contributed by atoms with E-state index in [0.717, 1.165) is 0 Å². The fourth-order valence-electron chi connectivity index (χ4n) is 1.64. The molecule has 0 atom stereocenters. The lowest BCUT2D eigenvalue weighted by atomic mass is 10.2. The number of rotatable bonds is 5. The van der Waals surface area contributed by atoms with E-state index in [1.54, 1.807) is 24.3 Å². The van der Waals surface area contributed by atoms with Crippen molar-refractivity contribution in [2.24, 2.45) is 0 Å². The molecule has 0 heterocycles. The van der Waals surface area contributed by atoms with Crippen LogP contribution >= 0.6 is 0 Å². The molecule has 3 nitrogen and oxygen atoms in total. The van der Waals surface area contributed by atoms with Crippen LogP contribution in [0.2, 0.25) is 0 Å². The third-order valence-corrected chi connectivity index (χ3v) is 2.46. The number of halogens is 1. The molecule has 0 aliphatic carbocycles. The van der Waals surface area contributed by atoms with Crippen LogP contribution in [0.25, 0.3) is 0 Å². The van der Waals surface area contributed by atoms with E-state index in [1.807, 2.05) is 6.92 Å². The van der Waals surface area contributed by atoms with E-state index in [4.69, 9.17) is 9.47 Å². The van der Waals surface area contributed by atoms with Crippen LogP contribution in [0.5, 0.6) is 17.2 Å². The number of ether oxygens (including phenoxy) is 2. The van der Waals surface area contributed by atoms with E-state index in [0.29, 0.717) is 24.4 Å². The molecule has 0 amide bonds. The van der Waals surface area contributed by atoms with Gasteiger partial charge in [-0.3, -0.25) is 4.79 Å². The van der Waals surface area contributed by atoms with E-state index in [2.05, 4.69) is 0 Å². The summed E-state index contributed by atoms with van der Waals surface area (Å²) in [6.07, 6.45) is 0.560. The van der Waals surface area contributed by atoms with Gasteiger partial charge in [-0.05, 0) is 31.2 Å². The number of hydrogen-bond acceptors (Lipinski definition) is 3. The van der Waals surface area contributed by atoms with E-state index in [9.17, 15) is 9.18 Å². The van der Waals surface area contributed by atoms with Crippen LogP contribution < -0.4 is 9.47 Å². The Morgan fingerprint density at radius 1 is 1.16 bits per heavy atom. The van der Waals surface area contributed by atoms with Gasteiger partial charge in [0.2, 0.25) is 0 Å². The zero-order valence-electron chi connectivity index (χ0n) is 10.4. The summed E-state index contributed by atoms with van der Waals surface area (Å²) in [5.74, 6) is 0.390. The minimum Gasteiger partial charge on any atom is -0.494 e. The SMILES string of the molecule is CCOc1cccc(Oc2c(F)cccc2C=O)c1. The standard InChI is InChI=1S/C15H13FO3/c1-2-18-12-6-4-7-13(9-12)19-15-11(10-17)5-3-8-14(15)16/h3-10H,2H2,1H3. The van der Waals surface area contributed by atoms with Gasteiger partial charge in [-0.2, -0.15) is 0 Å². The van der Waals surface area contributed by atoms with Gasteiger partial charge in [-0.1, -0.05) is 12.1 Å². The quantitative estimate of drug-likeness (QED) is 0.766. The first-order valence-corrected chi connectivity index (χ1v) is 5.89. The van der Waals surface area contributed by atoms with Crippen LogP contribution in [0.3, 0.4) is 0 Å². The Balaban J connectivity index is 2.30. The smallest absolute Gasteiger partial charge is 0.173 e. The average Bonchev–Trinajstić information content (AvgIpc) is 2.42. The van der Waals surface area contributed by atoms with Gasteiger partial charge < -0.3 is 9.47 Å². The van der Waals surface area contributed by atoms with Gasteiger partial charge in [-0.25, -0.2) is 4.39 Å². The fraction of sp³-hybridized carbons (Fsp3) is 0.133. The Bertz CT molecular complexity index is 581. The third kappa shape index (κ3) is 3.10. The minimum atomic E-state index is -0.577. The van der Waals surface area contributed by atoms with Crippen LogP contribution in [0.4, 0.5) is 4.39 Å². The molecule has 0 saturated heterocycles. The summed E-state index contributed by atoms with van der Waals surface area (Å²) in [7, 11) is 0. The Morgan fingerprint density at radius 3 is 2.63 bits per heavy atom. The Labute approximate surface area is 110 Å². The van der Waals surface area contributed by atoms with Crippen LogP contribution in [0, 0.1) is 5.82 Å². The first-order chi connectivity index (χ1) is 9.24.